The highest BCUT2D eigenvalue weighted by molar-refractivity contribution is 6.30. The van der Waals surface area contributed by atoms with Gasteiger partial charge < -0.3 is 4.79 Å². The number of carbonyl (C=O) groups is 1. The Kier molecular flexibility index (Phi) is 7.54. The summed E-state index contributed by atoms with van der Waals surface area (Å²) < 4.78 is 0. The van der Waals surface area contributed by atoms with Crippen LogP contribution in [0.25, 0.3) is 0 Å². The molecule has 0 aliphatic carbocycles. The van der Waals surface area contributed by atoms with E-state index >= 15 is 0 Å². The first-order valence-corrected chi connectivity index (χ1v) is 9.19. The SMILES string of the molecule is CCN(CCN1CCCCC1C=O)C(C)Cc1ccc(Cl)cc1. The maximum atomic E-state index is 11.2. The maximum Gasteiger partial charge on any atom is 0.137 e. The van der Waals surface area contributed by atoms with Gasteiger partial charge in [-0.25, -0.2) is 0 Å². The molecule has 1 aliphatic rings. The predicted octanol–water partition coefficient (Wildman–Crippen LogP) is 3.65. The quantitative estimate of drug-likeness (QED) is 0.677. The Morgan fingerprint density at radius 2 is 2.09 bits per heavy atom. The fourth-order valence-corrected chi connectivity index (χ4v) is 3.61. The minimum absolute atomic E-state index is 0.133. The summed E-state index contributed by atoms with van der Waals surface area (Å²) in [7, 11) is 0. The van der Waals surface area contributed by atoms with Gasteiger partial charge >= 0.3 is 0 Å². The van der Waals surface area contributed by atoms with Crippen LogP contribution >= 0.6 is 11.6 Å². The first kappa shape index (κ1) is 18.4. The highest BCUT2D eigenvalue weighted by atomic mass is 35.5. The molecule has 0 bridgehead atoms. The average molecular weight is 337 g/mol. The van der Waals surface area contributed by atoms with Crippen LogP contribution < -0.4 is 0 Å². The molecule has 0 aromatic heterocycles. The summed E-state index contributed by atoms with van der Waals surface area (Å²) in [5, 5.41) is 0.791. The van der Waals surface area contributed by atoms with Crippen molar-refractivity contribution in [3.05, 3.63) is 34.9 Å². The molecule has 2 rings (SSSR count). The van der Waals surface area contributed by atoms with Crippen LogP contribution in [0.3, 0.4) is 0 Å². The number of halogens is 1. The Bertz CT molecular complexity index is 477. The van der Waals surface area contributed by atoms with Gasteiger partial charge in [0.05, 0.1) is 6.04 Å². The summed E-state index contributed by atoms with van der Waals surface area (Å²) in [6, 6.07) is 8.76. The number of hydrogen-bond acceptors (Lipinski definition) is 3. The lowest BCUT2D eigenvalue weighted by molar-refractivity contribution is -0.113. The molecule has 1 fully saturated rings. The third-order valence-corrected chi connectivity index (χ3v) is 5.22. The summed E-state index contributed by atoms with van der Waals surface area (Å²) in [6.07, 6.45) is 5.59. The van der Waals surface area contributed by atoms with Gasteiger partial charge in [0.2, 0.25) is 0 Å². The fourth-order valence-electron chi connectivity index (χ4n) is 3.49. The molecule has 0 radical (unpaired) electrons. The number of aldehydes is 1. The zero-order chi connectivity index (χ0) is 16.7. The molecule has 0 N–H and O–H groups in total. The average Bonchev–Trinajstić information content (AvgIpc) is 2.58. The third-order valence-electron chi connectivity index (χ3n) is 4.97. The second kappa shape index (κ2) is 9.41. The van der Waals surface area contributed by atoms with Crippen LogP contribution in [0.2, 0.25) is 5.02 Å². The molecule has 1 aromatic carbocycles. The Balaban J connectivity index is 1.85. The van der Waals surface area contributed by atoms with E-state index in [-0.39, 0.29) is 6.04 Å². The number of nitrogens with zero attached hydrogens (tertiary/aromatic N) is 2. The highest BCUT2D eigenvalue weighted by Gasteiger charge is 2.22. The minimum atomic E-state index is 0.133. The zero-order valence-corrected chi connectivity index (χ0v) is 15.1. The number of piperidine rings is 1. The monoisotopic (exact) mass is 336 g/mol. The standard InChI is InChI=1S/C19H29ClN2O/c1-3-21(12-13-22-11-5-4-6-19(22)15-23)16(2)14-17-7-9-18(20)10-8-17/h7-10,15-16,19H,3-6,11-14H2,1-2H3. The highest BCUT2D eigenvalue weighted by Crippen LogP contribution is 2.16. The molecule has 23 heavy (non-hydrogen) atoms. The number of hydrogen-bond donors (Lipinski definition) is 0. The molecule has 0 amide bonds. The van der Waals surface area contributed by atoms with Gasteiger partial charge in [0.25, 0.3) is 0 Å². The van der Waals surface area contributed by atoms with E-state index in [1.165, 1.54) is 18.4 Å². The molecule has 0 spiro atoms. The van der Waals surface area contributed by atoms with E-state index in [0.717, 1.165) is 50.3 Å². The first-order valence-electron chi connectivity index (χ1n) is 8.82. The lowest BCUT2D eigenvalue weighted by Gasteiger charge is -2.35. The second-order valence-corrected chi connectivity index (χ2v) is 6.98. The van der Waals surface area contributed by atoms with Crippen molar-refractivity contribution in [1.29, 1.82) is 0 Å². The van der Waals surface area contributed by atoms with E-state index in [1.54, 1.807) is 0 Å². The van der Waals surface area contributed by atoms with E-state index in [2.05, 4.69) is 35.8 Å². The Labute approximate surface area is 145 Å². The van der Waals surface area contributed by atoms with E-state index < -0.39 is 0 Å². The third kappa shape index (κ3) is 5.59. The van der Waals surface area contributed by atoms with E-state index in [9.17, 15) is 4.79 Å². The van der Waals surface area contributed by atoms with Crippen LogP contribution in [0.4, 0.5) is 0 Å². The van der Waals surface area contributed by atoms with Crippen LogP contribution in [0, 0.1) is 0 Å². The molecule has 3 nitrogen and oxygen atoms in total. The van der Waals surface area contributed by atoms with Gasteiger partial charge in [0.15, 0.2) is 0 Å². The topological polar surface area (TPSA) is 23.6 Å². The second-order valence-electron chi connectivity index (χ2n) is 6.54. The van der Waals surface area contributed by atoms with Gasteiger partial charge in [-0.1, -0.05) is 37.1 Å². The van der Waals surface area contributed by atoms with Crippen LogP contribution in [-0.4, -0.2) is 54.3 Å². The van der Waals surface area contributed by atoms with Gasteiger partial charge in [-0.15, -0.1) is 0 Å². The Morgan fingerprint density at radius 1 is 1.35 bits per heavy atom. The minimum Gasteiger partial charge on any atom is -0.302 e. The number of benzene rings is 1. The van der Waals surface area contributed by atoms with Gasteiger partial charge in [-0.05, 0) is 57.0 Å². The molecular formula is C19H29ClN2O. The number of likely N-dealkylation sites (N-methyl/N-ethyl adjacent to an activating group) is 1. The van der Waals surface area contributed by atoms with E-state index in [1.807, 2.05) is 12.1 Å². The fraction of sp³-hybridized carbons (Fsp3) is 0.632. The molecule has 4 heteroatoms. The molecule has 1 aliphatic heterocycles. The van der Waals surface area contributed by atoms with Gasteiger partial charge in [0, 0.05) is 24.2 Å². The lowest BCUT2D eigenvalue weighted by Crippen LogP contribution is -2.46. The normalized spacial score (nSPS) is 20.6. The molecular weight excluding hydrogens is 308 g/mol. The van der Waals surface area contributed by atoms with Crippen LogP contribution in [0.5, 0.6) is 0 Å². The van der Waals surface area contributed by atoms with E-state index in [4.69, 9.17) is 11.6 Å². The maximum absolute atomic E-state index is 11.2. The smallest absolute Gasteiger partial charge is 0.137 e. The first-order chi connectivity index (χ1) is 11.1. The zero-order valence-electron chi connectivity index (χ0n) is 14.4. The van der Waals surface area contributed by atoms with Crippen LogP contribution in [0.15, 0.2) is 24.3 Å². The number of rotatable bonds is 8. The van der Waals surface area contributed by atoms with Crippen molar-refractivity contribution < 1.29 is 4.79 Å². The lowest BCUT2D eigenvalue weighted by atomic mass is 10.0. The summed E-state index contributed by atoms with van der Waals surface area (Å²) in [5.41, 5.74) is 1.32. The van der Waals surface area contributed by atoms with Crippen molar-refractivity contribution in [3.63, 3.8) is 0 Å². The van der Waals surface area contributed by atoms with Crippen molar-refractivity contribution in [2.75, 3.05) is 26.2 Å². The Hall–Kier alpha value is -0.900. The van der Waals surface area contributed by atoms with Crippen molar-refractivity contribution in [2.45, 2.75) is 51.6 Å². The summed E-state index contributed by atoms with van der Waals surface area (Å²) in [4.78, 5) is 16.1. The molecule has 2 atom stereocenters. The van der Waals surface area contributed by atoms with Gasteiger partial charge in [-0.3, -0.25) is 9.80 Å². The van der Waals surface area contributed by atoms with Crippen LogP contribution in [-0.2, 0) is 11.2 Å². The van der Waals surface area contributed by atoms with Crippen molar-refractivity contribution in [2.24, 2.45) is 0 Å². The molecule has 128 valence electrons. The summed E-state index contributed by atoms with van der Waals surface area (Å²) in [6.45, 7) is 8.61. The largest absolute Gasteiger partial charge is 0.302 e. The molecule has 1 heterocycles. The van der Waals surface area contributed by atoms with Crippen molar-refractivity contribution in [3.8, 4) is 0 Å². The van der Waals surface area contributed by atoms with E-state index in [0.29, 0.717) is 6.04 Å². The summed E-state index contributed by atoms with van der Waals surface area (Å²) >= 11 is 5.96. The van der Waals surface area contributed by atoms with Gasteiger partial charge in [-0.2, -0.15) is 0 Å². The van der Waals surface area contributed by atoms with Gasteiger partial charge in [0.1, 0.15) is 6.29 Å². The number of carbonyl (C=O) groups excluding carboxylic acids is 1. The molecule has 2 unspecified atom stereocenters. The molecule has 0 saturated carbocycles. The van der Waals surface area contributed by atoms with Crippen LogP contribution in [0.1, 0.15) is 38.7 Å². The van der Waals surface area contributed by atoms with Crippen molar-refractivity contribution in [1.82, 2.24) is 9.80 Å². The molecule has 1 saturated heterocycles. The summed E-state index contributed by atoms with van der Waals surface area (Å²) in [5.74, 6) is 0. The number of likely N-dealkylation sites (tertiary alicyclic amines) is 1. The van der Waals surface area contributed by atoms with Crippen molar-refractivity contribution >= 4 is 17.9 Å². The predicted molar refractivity (Wildman–Crippen MR) is 97.1 cm³/mol. The molecule has 1 aromatic rings. The Morgan fingerprint density at radius 3 is 2.74 bits per heavy atom.